The summed E-state index contributed by atoms with van der Waals surface area (Å²) >= 11 is 0. The van der Waals surface area contributed by atoms with E-state index in [2.05, 4.69) is 6.58 Å². The van der Waals surface area contributed by atoms with Crippen molar-refractivity contribution in [3.05, 3.63) is 23.8 Å². The molecule has 22 heavy (non-hydrogen) atoms. The minimum Gasteiger partial charge on any atom is -0.481 e. The summed E-state index contributed by atoms with van der Waals surface area (Å²) in [4.78, 5) is 34.2. The van der Waals surface area contributed by atoms with E-state index in [0.717, 1.165) is 5.57 Å². The van der Waals surface area contributed by atoms with E-state index >= 15 is 0 Å². The van der Waals surface area contributed by atoms with E-state index in [1.165, 1.54) is 0 Å². The molecule has 0 aromatic rings. The number of ether oxygens (including phenoxy) is 1. The maximum Gasteiger partial charge on any atom is 0.333 e. The van der Waals surface area contributed by atoms with Crippen molar-refractivity contribution in [1.82, 2.24) is 0 Å². The summed E-state index contributed by atoms with van der Waals surface area (Å²) in [5.74, 6) is -4.90. The lowest BCUT2D eigenvalue weighted by molar-refractivity contribution is -0.154. The van der Waals surface area contributed by atoms with Crippen LogP contribution in [0.15, 0.2) is 23.8 Å². The highest BCUT2D eigenvalue weighted by molar-refractivity contribution is 5.87. The molecule has 1 fully saturated rings. The largest absolute Gasteiger partial charge is 0.481 e. The van der Waals surface area contributed by atoms with Crippen LogP contribution in [0.5, 0.6) is 0 Å². The highest BCUT2D eigenvalue weighted by atomic mass is 16.5. The Morgan fingerprint density at radius 3 is 2.41 bits per heavy atom. The molecule has 6 heteroatoms. The van der Waals surface area contributed by atoms with Gasteiger partial charge in [-0.2, -0.15) is 0 Å². The van der Waals surface area contributed by atoms with Crippen molar-refractivity contribution < 1.29 is 29.3 Å². The second-order valence-corrected chi connectivity index (χ2v) is 6.18. The summed E-state index contributed by atoms with van der Waals surface area (Å²) < 4.78 is 5.21. The summed E-state index contributed by atoms with van der Waals surface area (Å²) in [5, 5.41) is 18.6. The normalized spacial score (nSPS) is 30.5. The van der Waals surface area contributed by atoms with Crippen LogP contribution < -0.4 is 0 Å². The first kappa shape index (κ1) is 16.3. The molecule has 0 aliphatic heterocycles. The third-order valence-electron chi connectivity index (χ3n) is 4.46. The van der Waals surface area contributed by atoms with Crippen LogP contribution >= 0.6 is 0 Å². The summed E-state index contributed by atoms with van der Waals surface area (Å²) in [6.45, 7) is 6.80. The average molecular weight is 308 g/mol. The zero-order chi connectivity index (χ0) is 16.6. The number of hydrogen-bond donors (Lipinski definition) is 2. The van der Waals surface area contributed by atoms with Crippen LogP contribution in [0, 0.1) is 23.7 Å². The molecule has 2 aliphatic carbocycles. The van der Waals surface area contributed by atoms with E-state index < -0.39 is 35.8 Å². The minimum absolute atomic E-state index is 0.248. The highest BCUT2D eigenvalue weighted by Gasteiger charge is 2.54. The molecule has 0 saturated heterocycles. The van der Waals surface area contributed by atoms with Gasteiger partial charge in [-0.05, 0) is 32.1 Å². The van der Waals surface area contributed by atoms with Gasteiger partial charge in [0.15, 0.2) is 0 Å². The van der Waals surface area contributed by atoms with E-state index in [1.807, 2.05) is 6.08 Å². The molecule has 0 amide bonds. The van der Waals surface area contributed by atoms with Crippen molar-refractivity contribution in [2.24, 2.45) is 23.7 Å². The summed E-state index contributed by atoms with van der Waals surface area (Å²) in [6.07, 6.45) is 2.43. The maximum atomic E-state index is 11.5. The molecule has 0 radical (unpaired) electrons. The lowest BCUT2D eigenvalue weighted by atomic mass is 9.78. The van der Waals surface area contributed by atoms with E-state index in [0.29, 0.717) is 18.4 Å². The molecule has 2 aliphatic rings. The van der Waals surface area contributed by atoms with Gasteiger partial charge in [-0.15, -0.1) is 0 Å². The number of hydrogen-bond acceptors (Lipinski definition) is 4. The number of carboxylic acid groups (broad SMARTS) is 2. The van der Waals surface area contributed by atoms with Crippen LogP contribution in [0.3, 0.4) is 0 Å². The van der Waals surface area contributed by atoms with Gasteiger partial charge in [0, 0.05) is 12.0 Å². The van der Waals surface area contributed by atoms with Crippen LogP contribution in [-0.4, -0.2) is 34.2 Å². The van der Waals surface area contributed by atoms with Crippen molar-refractivity contribution in [1.29, 1.82) is 0 Å². The minimum atomic E-state index is -1.07. The Balaban J connectivity index is 2.09. The molecule has 1 saturated carbocycles. The molecule has 120 valence electrons. The van der Waals surface area contributed by atoms with Gasteiger partial charge in [0.05, 0.1) is 11.8 Å². The van der Waals surface area contributed by atoms with Gasteiger partial charge in [0.2, 0.25) is 0 Å². The van der Waals surface area contributed by atoms with Crippen molar-refractivity contribution in [2.45, 2.75) is 32.8 Å². The van der Waals surface area contributed by atoms with Gasteiger partial charge < -0.3 is 14.9 Å². The Bertz CT molecular complexity index is 561. The van der Waals surface area contributed by atoms with Gasteiger partial charge in [-0.25, -0.2) is 4.79 Å². The summed E-state index contributed by atoms with van der Waals surface area (Å²) in [7, 11) is 0. The molecule has 5 atom stereocenters. The number of esters is 1. The van der Waals surface area contributed by atoms with Gasteiger partial charge >= 0.3 is 17.9 Å². The fourth-order valence-corrected chi connectivity index (χ4v) is 3.59. The molecule has 6 nitrogen and oxygen atoms in total. The number of carboxylic acids is 2. The fourth-order valence-electron chi connectivity index (χ4n) is 3.59. The number of allylic oxidation sites excluding steroid dienone is 1. The Labute approximate surface area is 128 Å². The molecule has 0 spiro atoms. The van der Waals surface area contributed by atoms with Crippen LogP contribution in [0.2, 0.25) is 0 Å². The van der Waals surface area contributed by atoms with E-state index in [1.54, 1.807) is 13.8 Å². The monoisotopic (exact) mass is 308 g/mol. The topological polar surface area (TPSA) is 101 Å². The standard InChI is InChI=1S/C16H20O6/c1-7(2)16(21)22-8(3)4-9-5-10-6-11(9)13(15(19)20)12(10)14(17)18/h5,8,10-13H,1,4,6H2,2-3H3,(H,17,18)(H,19,20). The van der Waals surface area contributed by atoms with Crippen molar-refractivity contribution in [2.75, 3.05) is 0 Å². The predicted octanol–water partition coefficient (Wildman–Crippen LogP) is 1.86. The number of rotatable bonds is 6. The molecule has 0 heterocycles. The molecular weight excluding hydrogens is 288 g/mol. The fraction of sp³-hybridized carbons (Fsp3) is 0.562. The molecule has 2 rings (SSSR count). The molecule has 0 aromatic carbocycles. The zero-order valence-corrected chi connectivity index (χ0v) is 12.6. The third kappa shape index (κ3) is 2.91. The lowest BCUT2D eigenvalue weighted by Gasteiger charge is -2.26. The van der Waals surface area contributed by atoms with Crippen molar-refractivity contribution in [3.8, 4) is 0 Å². The molecular formula is C16H20O6. The van der Waals surface area contributed by atoms with Crippen molar-refractivity contribution in [3.63, 3.8) is 0 Å². The van der Waals surface area contributed by atoms with Gasteiger partial charge in [0.25, 0.3) is 0 Å². The van der Waals surface area contributed by atoms with Crippen LogP contribution in [-0.2, 0) is 19.1 Å². The zero-order valence-electron chi connectivity index (χ0n) is 12.6. The summed E-state index contributed by atoms with van der Waals surface area (Å²) in [6, 6.07) is 0. The predicted molar refractivity (Wildman–Crippen MR) is 76.9 cm³/mol. The number of aliphatic carboxylic acids is 2. The van der Waals surface area contributed by atoms with Crippen LogP contribution in [0.1, 0.15) is 26.7 Å². The Kier molecular flexibility index (Phi) is 4.39. The quantitative estimate of drug-likeness (QED) is 0.441. The maximum absolute atomic E-state index is 11.5. The average Bonchev–Trinajstić information content (AvgIpc) is 2.94. The molecule has 2 N–H and O–H groups in total. The summed E-state index contributed by atoms with van der Waals surface area (Å²) in [5.41, 5.74) is 1.19. The molecule has 5 unspecified atom stereocenters. The number of carbonyl (C=O) groups is 3. The van der Waals surface area contributed by atoms with E-state index in [9.17, 15) is 24.6 Å². The molecule has 0 aromatic heterocycles. The molecule has 2 bridgehead atoms. The van der Waals surface area contributed by atoms with Gasteiger partial charge in [-0.3, -0.25) is 9.59 Å². The smallest absolute Gasteiger partial charge is 0.333 e. The van der Waals surface area contributed by atoms with E-state index in [-0.39, 0.29) is 11.8 Å². The van der Waals surface area contributed by atoms with Gasteiger partial charge in [-0.1, -0.05) is 18.2 Å². The van der Waals surface area contributed by atoms with Crippen LogP contribution in [0.4, 0.5) is 0 Å². The SMILES string of the molecule is C=C(C)C(=O)OC(C)CC1=CC2CC1C(C(=O)O)C2C(=O)O. The second-order valence-electron chi connectivity index (χ2n) is 6.18. The van der Waals surface area contributed by atoms with Gasteiger partial charge in [0.1, 0.15) is 6.10 Å². The number of fused-ring (bicyclic) bond motifs is 2. The highest BCUT2D eigenvalue weighted by Crippen LogP contribution is 2.53. The lowest BCUT2D eigenvalue weighted by Crippen LogP contribution is -2.35. The first-order chi connectivity index (χ1) is 10.2. The van der Waals surface area contributed by atoms with Crippen LogP contribution in [0.25, 0.3) is 0 Å². The second kappa shape index (κ2) is 5.94. The van der Waals surface area contributed by atoms with Crippen molar-refractivity contribution >= 4 is 17.9 Å². The Morgan fingerprint density at radius 1 is 1.32 bits per heavy atom. The van der Waals surface area contributed by atoms with E-state index in [4.69, 9.17) is 4.74 Å². The number of carbonyl (C=O) groups excluding carboxylic acids is 1. The Hall–Kier alpha value is -2.11. The first-order valence-corrected chi connectivity index (χ1v) is 7.25. The third-order valence-corrected chi connectivity index (χ3v) is 4.46. The Morgan fingerprint density at radius 2 is 1.91 bits per heavy atom. The first-order valence-electron chi connectivity index (χ1n) is 7.25.